The van der Waals surface area contributed by atoms with Gasteiger partial charge < -0.3 is 50.0 Å². The van der Waals surface area contributed by atoms with Gasteiger partial charge in [0.05, 0.1) is 6.42 Å². The minimum absolute atomic E-state index is 0.0116. The van der Waals surface area contributed by atoms with Crippen LogP contribution in [0.3, 0.4) is 0 Å². The number of carboxylic acid groups (broad SMARTS) is 1. The first kappa shape index (κ1) is 22.6. The number of aromatic hydroxyl groups is 3. The number of rotatable bonds is 4. The van der Waals surface area contributed by atoms with Crippen LogP contribution >= 0.6 is 0 Å². The molecule has 0 saturated carbocycles. The monoisotopic (exact) mass is 464 g/mol. The fraction of sp³-hybridized carbons (Fsp3) is 0.333. The fourth-order valence-electron chi connectivity index (χ4n) is 3.68. The molecular weight excluding hydrogens is 444 g/mol. The average Bonchev–Trinajstić information content (AvgIpc) is 2.77. The molecule has 4 rings (SSSR count). The number of carbonyl (C=O) groups excluding carboxylic acids is 1. The number of aliphatic hydroxyl groups excluding tert-OH is 3. The molecule has 2 heterocycles. The van der Waals surface area contributed by atoms with Crippen molar-refractivity contribution in [2.45, 2.75) is 43.2 Å². The van der Waals surface area contributed by atoms with E-state index in [0.29, 0.717) is 5.56 Å². The van der Waals surface area contributed by atoms with Gasteiger partial charge in [0, 0.05) is 6.07 Å². The molecule has 2 aliphatic heterocycles. The number of aliphatic hydroxyl groups is 3. The van der Waals surface area contributed by atoms with Crippen LogP contribution in [-0.2, 0) is 9.53 Å². The Hall–Kier alpha value is -3.58. The van der Waals surface area contributed by atoms with Crippen molar-refractivity contribution in [2.75, 3.05) is 0 Å². The molecule has 2 aromatic carbocycles. The van der Waals surface area contributed by atoms with E-state index in [-0.39, 0.29) is 23.5 Å². The number of Topliss-reactive ketones (excluding diaryl/α,β-unsaturated/α-hetero) is 1. The van der Waals surface area contributed by atoms with E-state index in [1.165, 1.54) is 12.1 Å². The topological polar surface area (TPSA) is 203 Å². The van der Waals surface area contributed by atoms with Gasteiger partial charge >= 0.3 is 5.97 Å². The van der Waals surface area contributed by atoms with Crippen LogP contribution in [0.1, 0.15) is 28.4 Å². The maximum Gasteiger partial charge on any atom is 0.335 e. The van der Waals surface area contributed by atoms with Crippen LogP contribution in [-0.4, -0.2) is 78.2 Å². The third kappa shape index (κ3) is 4.00. The predicted octanol–water partition coefficient (Wildman–Crippen LogP) is -0.219. The number of fused-ring (bicyclic) bond motifs is 1. The molecular formula is C21H20O12. The maximum absolute atomic E-state index is 12.6. The van der Waals surface area contributed by atoms with Crippen molar-refractivity contribution in [3.63, 3.8) is 0 Å². The minimum atomic E-state index is -1.95. The Balaban J connectivity index is 1.65. The number of carboxylic acids is 1. The lowest BCUT2D eigenvalue weighted by Gasteiger charge is -2.38. The Bertz CT molecular complexity index is 1080. The van der Waals surface area contributed by atoms with Gasteiger partial charge in [-0.15, -0.1) is 0 Å². The quantitative estimate of drug-likeness (QED) is 0.294. The summed E-state index contributed by atoms with van der Waals surface area (Å²) < 4.78 is 16.1. The lowest BCUT2D eigenvalue weighted by molar-refractivity contribution is -0.271. The van der Waals surface area contributed by atoms with Crippen LogP contribution < -0.4 is 9.47 Å². The molecule has 33 heavy (non-hydrogen) atoms. The summed E-state index contributed by atoms with van der Waals surface area (Å²) in [4.78, 5) is 23.9. The molecule has 6 atom stereocenters. The van der Waals surface area contributed by atoms with Gasteiger partial charge in [0.1, 0.15) is 41.5 Å². The number of carbonyl (C=O) groups is 2. The molecule has 0 spiro atoms. The van der Waals surface area contributed by atoms with Gasteiger partial charge in [-0.25, -0.2) is 4.79 Å². The van der Waals surface area contributed by atoms with Crippen LogP contribution in [0, 0.1) is 0 Å². The largest absolute Gasteiger partial charge is 0.508 e. The number of ether oxygens (including phenoxy) is 3. The van der Waals surface area contributed by atoms with Crippen molar-refractivity contribution < 1.29 is 59.5 Å². The van der Waals surface area contributed by atoms with Crippen molar-refractivity contribution >= 4 is 11.8 Å². The summed E-state index contributed by atoms with van der Waals surface area (Å²) in [5.74, 6) is -4.65. The molecule has 0 radical (unpaired) electrons. The van der Waals surface area contributed by atoms with Gasteiger partial charge in [0.25, 0.3) is 0 Å². The maximum atomic E-state index is 12.6. The summed E-state index contributed by atoms with van der Waals surface area (Å²) >= 11 is 0. The number of phenolic OH excluding ortho intramolecular Hbond substituents is 3. The van der Waals surface area contributed by atoms with Gasteiger partial charge in [0.15, 0.2) is 23.4 Å². The zero-order valence-electron chi connectivity index (χ0n) is 16.7. The van der Waals surface area contributed by atoms with E-state index >= 15 is 0 Å². The molecule has 0 bridgehead atoms. The van der Waals surface area contributed by atoms with Crippen molar-refractivity contribution in [2.24, 2.45) is 0 Å². The molecule has 0 amide bonds. The number of hydrogen-bond donors (Lipinski definition) is 7. The standard InChI is InChI=1S/C21H20O12/c22-8-3-1-7(2-4-8)10-5-9(23)13-11(31-10)6-12(14(24)15(13)25)32-21-18(28)16(26)17(27)19(33-21)20(29)30/h1-4,6,10,16-19,21-22,24-28H,5H2,(H,29,30)/t10?,16-,17-,18+,19-,21+/m0/s1. The molecule has 1 saturated heterocycles. The molecule has 2 aliphatic rings. The van der Waals surface area contributed by atoms with E-state index in [1.54, 1.807) is 12.1 Å². The lowest BCUT2D eigenvalue weighted by Crippen LogP contribution is -2.61. The Morgan fingerprint density at radius 2 is 1.64 bits per heavy atom. The first-order valence-corrected chi connectivity index (χ1v) is 9.75. The zero-order valence-corrected chi connectivity index (χ0v) is 16.7. The molecule has 176 valence electrons. The van der Waals surface area contributed by atoms with Crippen LogP contribution in [0.5, 0.6) is 28.7 Å². The first-order valence-electron chi connectivity index (χ1n) is 9.75. The van der Waals surface area contributed by atoms with Crippen LogP contribution in [0.4, 0.5) is 0 Å². The highest BCUT2D eigenvalue weighted by atomic mass is 16.7. The minimum Gasteiger partial charge on any atom is -0.508 e. The summed E-state index contributed by atoms with van der Waals surface area (Å²) in [6, 6.07) is 6.93. The van der Waals surface area contributed by atoms with Crippen LogP contribution in [0.15, 0.2) is 30.3 Å². The van der Waals surface area contributed by atoms with Gasteiger partial charge in [-0.1, -0.05) is 12.1 Å². The first-order chi connectivity index (χ1) is 15.6. The highest BCUT2D eigenvalue weighted by Gasteiger charge is 2.48. The summed E-state index contributed by atoms with van der Waals surface area (Å²) in [6.07, 6.45) is -10.6. The van der Waals surface area contributed by atoms with Crippen molar-refractivity contribution in [3.05, 3.63) is 41.5 Å². The summed E-state index contributed by atoms with van der Waals surface area (Å²) in [6.45, 7) is 0. The smallest absolute Gasteiger partial charge is 0.335 e. The summed E-state index contributed by atoms with van der Waals surface area (Å²) in [7, 11) is 0. The zero-order chi connectivity index (χ0) is 24.0. The predicted molar refractivity (Wildman–Crippen MR) is 105 cm³/mol. The van der Waals surface area contributed by atoms with E-state index in [1.807, 2.05) is 0 Å². The molecule has 7 N–H and O–H groups in total. The van der Waals surface area contributed by atoms with E-state index in [0.717, 1.165) is 6.07 Å². The normalized spacial score (nSPS) is 29.1. The Labute approximate surface area is 185 Å². The van der Waals surface area contributed by atoms with Crippen molar-refractivity contribution in [1.29, 1.82) is 0 Å². The molecule has 12 heteroatoms. The number of phenols is 3. The lowest BCUT2D eigenvalue weighted by atomic mass is 9.95. The second-order valence-corrected chi connectivity index (χ2v) is 7.62. The average molecular weight is 464 g/mol. The number of aliphatic carboxylic acids is 1. The Morgan fingerprint density at radius 3 is 2.27 bits per heavy atom. The van der Waals surface area contributed by atoms with Gasteiger partial charge in [-0.05, 0) is 17.7 Å². The van der Waals surface area contributed by atoms with E-state index in [9.17, 15) is 40.2 Å². The SMILES string of the molecule is O=C1CC(c2ccc(O)cc2)Oc2cc(O[C@@H]3O[C@H](C(=O)O)[C@@H](O)[C@H](O)[C@H]3O)c(O)c(O)c21. The summed E-state index contributed by atoms with van der Waals surface area (Å²) in [5, 5.41) is 69.1. The number of ketones is 1. The number of hydrogen-bond acceptors (Lipinski definition) is 11. The fourth-order valence-corrected chi connectivity index (χ4v) is 3.68. The highest BCUT2D eigenvalue weighted by Crippen LogP contribution is 2.48. The molecule has 12 nitrogen and oxygen atoms in total. The molecule has 1 unspecified atom stereocenters. The van der Waals surface area contributed by atoms with E-state index in [4.69, 9.17) is 19.3 Å². The Kier molecular flexibility index (Phi) is 5.76. The van der Waals surface area contributed by atoms with Crippen molar-refractivity contribution in [1.82, 2.24) is 0 Å². The highest BCUT2D eigenvalue weighted by molar-refractivity contribution is 6.03. The van der Waals surface area contributed by atoms with E-state index < -0.39 is 65.8 Å². The van der Waals surface area contributed by atoms with Gasteiger partial charge in [0.2, 0.25) is 12.0 Å². The van der Waals surface area contributed by atoms with Gasteiger partial charge in [-0.3, -0.25) is 4.79 Å². The van der Waals surface area contributed by atoms with E-state index in [2.05, 4.69) is 0 Å². The Morgan fingerprint density at radius 1 is 0.970 bits per heavy atom. The molecule has 0 aliphatic carbocycles. The third-order valence-electron chi connectivity index (χ3n) is 5.44. The third-order valence-corrected chi connectivity index (χ3v) is 5.44. The molecule has 2 aromatic rings. The van der Waals surface area contributed by atoms with Gasteiger partial charge in [-0.2, -0.15) is 0 Å². The second kappa shape index (κ2) is 8.41. The van der Waals surface area contributed by atoms with Crippen LogP contribution in [0.25, 0.3) is 0 Å². The molecule has 1 fully saturated rings. The number of benzene rings is 2. The summed E-state index contributed by atoms with van der Waals surface area (Å²) in [5.41, 5.74) is 0.244. The van der Waals surface area contributed by atoms with Crippen LogP contribution in [0.2, 0.25) is 0 Å². The van der Waals surface area contributed by atoms with Crippen molar-refractivity contribution in [3.8, 4) is 28.7 Å². The molecule has 0 aromatic heterocycles. The second-order valence-electron chi connectivity index (χ2n) is 7.62.